The summed E-state index contributed by atoms with van der Waals surface area (Å²) in [5.41, 5.74) is 8.10. The summed E-state index contributed by atoms with van der Waals surface area (Å²) in [6.07, 6.45) is 5.54. The number of hydrazine groups is 2. The van der Waals surface area contributed by atoms with E-state index in [-0.39, 0.29) is 0 Å². The van der Waals surface area contributed by atoms with E-state index >= 15 is 0 Å². The number of ether oxygens (including phenoxy) is 1. The first-order valence-corrected chi connectivity index (χ1v) is 8.93. The molecule has 0 saturated carbocycles. The van der Waals surface area contributed by atoms with Crippen molar-refractivity contribution in [2.75, 3.05) is 12.1 Å². The fourth-order valence-corrected chi connectivity index (χ4v) is 2.79. The Labute approximate surface area is 170 Å². The maximum absolute atomic E-state index is 8.94. The first-order chi connectivity index (χ1) is 14.0. The quantitative estimate of drug-likeness (QED) is 0.254. The molecule has 1 aromatic heterocycles. The normalized spacial score (nSPS) is 9.83. The summed E-state index contributed by atoms with van der Waals surface area (Å²) in [4.78, 5) is 17.1. The fourth-order valence-electron chi connectivity index (χ4n) is 2.79. The number of anilines is 1. The predicted octanol–water partition coefficient (Wildman–Crippen LogP) is 2.26. The van der Waals surface area contributed by atoms with Crippen LogP contribution < -0.4 is 26.9 Å². The molecule has 1 amide bonds. The number of hydrogen-bond donors (Lipinski definition) is 3. The van der Waals surface area contributed by atoms with E-state index < -0.39 is 0 Å². The van der Waals surface area contributed by atoms with Gasteiger partial charge >= 0.3 is 0 Å². The minimum Gasteiger partial charge on any atom is -0.489 e. The van der Waals surface area contributed by atoms with Crippen LogP contribution in [0.1, 0.15) is 16.7 Å². The maximum atomic E-state index is 8.94. The molecule has 0 aliphatic rings. The van der Waals surface area contributed by atoms with E-state index in [1.54, 1.807) is 22.8 Å². The Morgan fingerprint density at radius 3 is 2.38 bits per heavy atom. The summed E-state index contributed by atoms with van der Waals surface area (Å²) in [5, 5.41) is 1.62. The molecular weight excluding hydrogens is 368 g/mol. The third kappa shape index (κ3) is 6.00. The molecule has 3 rings (SSSR count). The lowest BCUT2D eigenvalue weighted by Gasteiger charge is -2.19. The molecule has 0 spiro atoms. The van der Waals surface area contributed by atoms with Gasteiger partial charge in [0.15, 0.2) is 0 Å². The smallest absolute Gasteiger partial charge is 0.221 e. The Hall–Kier alpha value is -3.49. The molecule has 0 fully saturated rings. The number of hydrogen-bond acceptors (Lipinski definition) is 7. The second kappa shape index (κ2) is 10.7. The Morgan fingerprint density at radius 1 is 1.10 bits per heavy atom. The largest absolute Gasteiger partial charge is 0.489 e. The topological polar surface area (TPSA) is 119 Å². The zero-order valence-electron chi connectivity index (χ0n) is 16.8. The Balaban J connectivity index is 0.000000687. The van der Waals surface area contributed by atoms with E-state index in [9.17, 15) is 0 Å². The lowest BCUT2D eigenvalue weighted by molar-refractivity contribution is -0.109. The summed E-state index contributed by atoms with van der Waals surface area (Å²) in [7, 11) is 1.83. The number of nitrogens with zero attached hydrogens (tertiary/aromatic N) is 3. The molecule has 0 bridgehead atoms. The average molecular weight is 394 g/mol. The van der Waals surface area contributed by atoms with Crippen LogP contribution in [-0.4, -0.2) is 23.4 Å². The Kier molecular flexibility index (Phi) is 8.08. The van der Waals surface area contributed by atoms with Crippen molar-refractivity contribution in [3.05, 3.63) is 71.8 Å². The van der Waals surface area contributed by atoms with Gasteiger partial charge in [-0.1, -0.05) is 18.2 Å². The van der Waals surface area contributed by atoms with E-state index in [4.69, 9.17) is 15.4 Å². The van der Waals surface area contributed by atoms with Crippen molar-refractivity contribution in [1.29, 1.82) is 0 Å². The molecule has 5 N–H and O–H groups in total. The van der Waals surface area contributed by atoms with Crippen LogP contribution in [0.4, 0.5) is 5.69 Å². The molecule has 29 heavy (non-hydrogen) atoms. The van der Waals surface area contributed by atoms with Crippen molar-refractivity contribution >= 4 is 12.1 Å². The summed E-state index contributed by atoms with van der Waals surface area (Å²) in [5.74, 6) is 11.2. The molecule has 0 aliphatic carbocycles. The molecule has 152 valence electrons. The number of nitrogens with one attached hydrogen (secondary N) is 1. The molecule has 0 atom stereocenters. The van der Waals surface area contributed by atoms with E-state index in [0.29, 0.717) is 13.0 Å². The van der Waals surface area contributed by atoms with Crippen molar-refractivity contribution in [2.24, 2.45) is 11.7 Å². The van der Waals surface area contributed by atoms with Crippen LogP contribution in [0.3, 0.4) is 0 Å². The zero-order valence-corrected chi connectivity index (χ0v) is 16.8. The summed E-state index contributed by atoms with van der Waals surface area (Å²) in [6.45, 7) is 4.58. The molecule has 2 aromatic carbocycles. The third-order valence-corrected chi connectivity index (χ3v) is 4.27. The van der Waals surface area contributed by atoms with Gasteiger partial charge < -0.3 is 9.75 Å². The van der Waals surface area contributed by atoms with Crippen LogP contribution in [0.25, 0.3) is 11.1 Å². The lowest BCUT2D eigenvalue weighted by Crippen LogP contribution is -2.26. The van der Waals surface area contributed by atoms with Crippen molar-refractivity contribution in [3.63, 3.8) is 0 Å². The summed E-state index contributed by atoms with van der Waals surface area (Å²) in [6, 6.07) is 12.2. The molecule has 8 nitrogen and oxygen atoms in total. The second-order valence-electron chi connectivity index (χ2n) is 6.36. The van der Waals surface area contributed by atoms with Gasteiger partial charge in [-0.05, 0) is 48.7 Å². The molecule has 0 aliphatic heterocycles. The van der Waals surface area contributed by atoms with E-state index in [0.717, 1.165) is 39.3 Å². The SMILES string of the molecule is Cc1cc(-c2cncnc2)ccc1OCc1c(C)cccc1N(C)N.NNC=O. The van der Waals surface area contributed by atoms with Crippen molar-refractivity contribution < 1.29 is 9.53 Å². The van der Waals surface area contributed by atoms with Gasteiger partial charge in [-0.25, -0.2) is 21.7 Å². The first kappa shape index (κ1) is 21.8. The van der Waals surface area contributed by atoms with Gasteiger partial charge in [0.05, 0.1) is 5.69 Å². The van der Waals surface area contributed by atoms with Crippen LogP contribution >= 0.6 is 0 Å². The molecule has 8 heteroatoms. The highest BCUT2D eigenvalue weighted by Crippen LogP contribution is 2.28. The number of aryl methyl sites for hydroxylation is 2. The van der Waals surface area contributed by atoms with Crippen LogP contribution in [-0.2, 0) is 11.4 Å². The highest BCUT2D eigenvalue weighted by atomic mass is 16.5. The monoisotopic (exact) mass is 394 g/mol. The fraction of sp³-hybridized carbons (Fsp3) is 0.190. The molecule has 0 unspecified atom stereocenters. The minimum atomic E-state index is 0.403. The van der Waals surface area contributed by atoms with E-state index in [1.165, 1.54) is 6.33 Å². The van der Waals surface area contributed by atoms with Gasteiger partial charge in [-0.3, -0.25) is 10.2 Å². The molecular formula is C21H26N6O2. The van der Waals surface area contributed by atoms with E-state index in [1.807, 2.05) is 38.2 Å². The number of carbonyl (C=O) groups is 1. The summed E-state index contributed by atoms with van der Waals surface area (Å²) < 4.78 is 6.07. The molecule has 0 radical (unpaired) electrons. The van der Waals surface area contributed by atoms with Crippen LogP contribution in [0.15, 0.2) is 55.1 Å². The second-order valence-corrected chi connectivity index (χ2v) is 6.36. The highest BCUT2D eigenvalue weighted by Gasteiger charge is 2.10. The number of benzene rings is 2. The molecule has 1 heterocycles. The van der Waals surface area contributed by atoms with Gasteiger partial charge in [-0.2, -0.15) is 0 Å². The highest BCUT2D eigenvalue weighted by molar-refractivity contribution is 5.64. The van der Waals surface area contributed by atoms with Crippen molar-refractivity contribution in [2.45, 2.75) is 20.5 Å². The van der Waals surface area contributed by atoms with Gasteiger partial charge in [-0.15, -0.1) is 0 Å². The minimum absolute atomic E-state index is 0.403. The Bertz CT molecular complexity index is 932. The van der Waals surface area contributed by atoms with Gasteiger partial charge in [0, 0.05) is 30.6 Å². The van der Waals surface area contributed by atoms with Crippen LogP contribution in [0, 0.1) is 13.8 Å². The van der Waals surface area contributed by atoms with Gasteiger partial charge in [0.1, 0.15) is 18.7 Å². The molecule has 0 saturated heterocycles. The number of aromatic nitrogens is 2. The predicted molar refractivity (Wildman–Crippen MR) is 114 cm³/mol. The number of amides is 1. The number of carbonyl (C=O) groups excluding carboxylic acids is 1. The lowest BCUT2D eigenvalue weighted by atomic mass is 10.1. The van der Waals surface area contributed by atoms with Crippen LogP contribution in [0.2, 0.25) is 0 Å². The number of rotatable bonds is 6. The van der Waals surface area contributed by atoms with Crippen molar-refractivity contribution in [1.82, 2.24) is 15.4 Å². The van der Waals surface area contributed by atoms with E-state index in [2.05, 4.69) is 34.9 Å². The number of nitrogens with two attached hydrogens (primary N) is 2. The zero-order chi connectivity index (χ0) is 21.2. The van der Waals surface area contributed by atoms with Gasteiger partial charge in [0.25, 0.3) is 0 Å². The summed E-state index contributed by atoms with van der Waals surface area (Å²) >= 11 is 0. The van der Waals surface area contributed by atoms with Crippen molar-refractivity contribution in [3.8, 4) is 16.9 Å². The average Bonchev–Trinajstić information content (AvgIpc) is 2.74. The first-order valence-electron chi connectivity index (χ1n) is 8.93. The van der Waals surface area contributed by atoms with Gasteiger partial charge in [0.2, 0.25) is 6.41 Å². The molecule has 3 aromatic rings. The standard InChI is InChI=1S/C20H22N4O.CH4N2O/c1-14-5-4-6-19(24(3)21)18(14)12-25-20-8-7-16(9-15(20)2)17-10-22-13-23-11-17;2-3-1-4/h4-11,13H,12,21H2,1-3H3;1H,2H2,(H,3,4). The maximum Gasteiger partial charge on any atom is 0.221 e. The third-order valence-electron chi connectivity index (χ3n) is 4.27. The Morgan fingerprint density at radius 2 is 1.79 bits per heavy atom. The van der Waals surface area contributed by atoms with Crippen LogP contribution in [0.5, 0.6) is 5.75 Å².